The minimum absolute atomic E-state index is 0.205. The van der Waals surface area contributed by atoms with Crippen LogP contribution in [0.2, 0.25) is 0 Å². The summed E-state index contributed by atoms with van der Waals surface area (Å²) in [5, 5.41) is 0. The molecule has 1 aliphatic carbocycles. The molecule has 3 atom stereocenters. The van der Waals surface area contributed by atoms with Gasteiger partial charge in [0.25, 0.3) is 0 Å². The number of hydrogen-bond acceptors (Lipinski definition) is 6. The fourth-order valence-corrected chi connectivity index (χ4v) is 2.51. The second kappa shape index (κ2) is 6.43. The summed E-state index contributed by atoms with van der Waals surface area (Å²) in [5.74, 6) is -9.31. The first-order chi connectivity index (χ1) is 10.9. The standard InChI is InChI=1S/C13H15F5O6/c1-11(14,15)9(19)23-8-3-2-4-12(8)22-6-7(24-12)5-21-10(20)13(16,17)18/h7-8H,2-6H2,1H3. The average Bonchev–Trinajstić information content (AvgIpc) is 3.02. The maximum atomic E-state index is 12.9. The molecule has 0 aromatic rings. The molecule has 1 saturated carbocycles. The van der Waals surface area contributed by atoms with Crippen molar-refractivity contribution in [2.45, 2.75) is 56.3 Å². The molecule has 24 heavy (non-hydrogen) atoms. The summed E-state index contributed by atoms with van der Waals surface area (Å²) in [7, 11) is 0. The Hall–Kier alpha value is -1.49. The molecule has 11 heteroatoms. The van der Waals surface area contributed by atoms with Crippen molar-refractivity contribution in [3.8, 4) is 0 Å². The van der Waals surface area contributed by atoms with Crippen molar-refractivity contribution in [1.29, 1.82) is 0 Å². The predicted molar refractivity (Wildman–Crippen MR) is 64.9 cm³/mol. The van der Waals surface area contributed by atoms with Crippen LogP contribution in [-0.2, 0) is 28.5 Å². The van der Waals surface area contributed by atoms with Crippen LogP contribution in [0, 0.1) is 0 Å². The van der Waals surface area contributed by atoms with Gasteiger partial charge in [-0.25, -0.2) is 9.59 Å². The number of hydrogen-bond donors (Lipinski definition) is 0. The molecule has 0 aromatic carbocycles. The van der Waals surface area contributed by atoms with E-state index in [4.69, 9.17) is 14.2 Å². The molecular weight excluding hydrogens is 347 g/mol. The molecule has 138 valence electrons. The molecule has 2 rings (SSSR count). The normalized spacial score (nSPS) is 30.6. The largest absolute Gasteiger partial charge is 0.490 e. The van der Waals surface area contributed by atoms with Crippen molar-refractivity contribution in [2.24, 2.45) is 0 Å². The Balaban J connectivity index is 1.92. The van der Waals surface area contributed by atoms with Crippen molar-refractivity contribution >= 4 is 11.9 Å². The fraction of sp³-hybridized carbons (Fsp3) is 0.846. The number of esters is 2. The van der Waals surface area contributed by atoms with E-state index < -0.39 is 48.6 Å². The lowest BCUT2D eigenvalue weighted by Crippen LogP contribution is -2.44. The Kier molecular flexibility index (Phi) is 5.05. The highest BCUT2D eigenvalue weighted by atomic mass is 19.4. The van der Waals surface area contributed by atoms with Gasteiger partial charge < -0.3 is 18.9 Å². The number of rotatable bonds is 4. The number of carbonyl (C=O) groups excluding carboxylic acids is 2. The molecule has 0 radical (unpaired) electrons. The third kappa shape index (κ3) is 4.12. The average molecular weight is 362 g/mol. The van der Waals surface area contributed by atoms with Gasteiger partial charge in [0.15, 0.2) is 6.10 Å². The molecule has 0 N–H and O–H groups in total. The number of halogens is 5. The molecule has 1 heterocycles. The lowest BCUT2D eigenvalue weighted by molar-refractivity contribution is -0.237. The lowest BCUT2D eigenvalue weighted by Gasteiger charge is -2.30. The van der Waals surface area contributed by atoms with E-state index in [1.54, 1.807) is 0 Å². The number of carbonyl (C=O) groups is 2. The topological polar surface area (TPSA) is 71.1 Å². The summed E-state index contributed by atoms with van der Waals surface area (Å²) in [4.78, 5) is 21.9. The third-order valence-corrected chi connectivity index (χ3v) is 3.60. The van der Waals surface area contributed by atoms with Crippen LogP contribution < -0.4 is 0 Å². The first-order valence-electron chi connectivity index (χ1n) is 7.09. The molecule has 1 saturated heterocycles. The molecule has 3 unspecified atom stereocenters. The summed E-state index contributed by atoms with van der Waals surface area (Å²) in [6, 6.07) is 0. The molecule has 1 spiro atoms. The van der Waals surface area contributed by atoms with E-state index in [0.29, 0.717) is 13.3 Å². The molecule has 0 aromatic heterocycles. The van der Waals surface area contributed by atoms with Crippen LogP contribution in [0.5, 0.6) is 0 Å². The highest BCUT2D eigenvalue weighted by Gasteiger charge is 2.55. The smallest absolute Gasteiger partial charge is 0.456 e. The highest BCUT2D eigenvalue weighted by molar-refractivity contribution is 5.77. The van der Waals surface area contributed by atoms with Gasteiger partial charge in [0, 0.05) is 13.3 Å². The van der Waals surface area contributed by atoms with Crippen LogP contribution in [0.25, 0.3) is 0 Å². The van der Waals surface area contributed by atoms with Crippen LogP contribution in [-0.4, -0.2) is 55.2 Å². The molecule has 6 nitrogen and oxygen atoms in total. The van der Waals surface area contributed by atoms with Crippen molar-refractivity contribution < 1.29 is 50.5 Å². The second-order valence-electron chi connectivity index (χ2n) is 5.63. The van der Waals surface area contributed by atoms with Gasteiger partial charge in [-0.1, -0.05) is 0 Å². The van der Waals surface area contributed by atoms with Crippen LogP contribution in [0.15, 0.2) is 0 Å². The highest BCUT2D eigenvalue weighted by Crippen LogP contribution is 2.42. The Morgan fingerprint density at radius 1 is 1.21 bits per heavy atom. The van der Waals surface area contributed by atoms with Crippen LogP contribution >= 0.6 is 0 Å². The van der Waals surface area contributed by atoms with Crippen molar-refractivity contribution in [3.05, 3.63) is 0 Å². The van der Waals surface area contributed by atoms with Crippen LogP contribution in [0.1, 0.15) is 26.2 Å². The van der Waals surface area contributed by atoms with E-state index in [9.17, 15) is 31.5 Å². The van der Waals surface area contributed by atoms with Crippen molar-refractivity contribution in [1.82, 2.24) is 0 Å². The van der Waals surface area contributed by atoms with E-state index >= 15 is 0 Å². The summed E-state index contributed by atoms with van der Waals surface area (Å²) >= 11 is 0. The zero-order valence-electron chi connectivity index (χ0n) is 12.5. The summed E-state index contributed by atoms with van der Waals surface area (Å²) in [6.45, 7) is -0.556. The molecule has 0 bridgehead atoms. The van der Waals surface area contributed by atoms with Gasteiger partial charge in [0.05, 0.1) is 6.61 Å². The summed E-state index contributed by atoms with van der Waals surface area (Å²) in [6.07, 6.45) is -6.39. The second-order valence-corrected chi connectivity index (χ2v) is 5.63. The molecule has 0 amide bonds. The Morgan fingerprint density at radius 3 is 2.46 bits per heavy atom. The van der Waals surface area contributed by atoms with Crippen LogP contribution in [0.3, 0.4) is 0 Å². The minimum atomic E-state index is -5.13. The molecule has 2 aliphatic rings. The minimum Gasteiger partial charge on any atom is -0.456 e. The Labute approximate surface area is 133 Å². The van der Waals surface area contributed by atoms with Crippen LogP contribution in [0.4, 0.5) is 22.0 Å². The Bertz CT molecular complexity index is 502. The predicted octanol–water partition coefficient (Wildman–Crippen LogP) is 1.95. The van der Waals surface area contributed by atoms with Gasteiger partial charge in [0.2, 0.25) is 5.79 Å². The molecular formula is C13H15F5O6. The molecule has 2 fully saturated rings. The van der Waals surface area contributed by atoms with E-state index in [0.717, 1.165) is 0 Å². The molecule has 1 aliphatic heterocycles. The maximum absolute atomic E-state index is 12.9. The first kappa shape index (κ1) is 18.8. The number of ether oxygens (including phenoxy) is 4. The Morgan fingerprint density at radius 2 is 1.88 bits per heavy atom. The van der Waals surface area contributed by atoms with Gasteiger partial charge in [-0.2, -0.15) is 22.0 Å². The zero-order chi connectivity index (χ0) is 18.2. The van der Waals surface area contributed by atoms with E-state index in [1.807, 2.05) is 0 Å². The van der Waals surface area contributed by atoms with E-state index in [2.05, 4.69) is 4.74 Å². The fourth-order valence-electron chi connectivity index (χ4n) is 2.51. The van der Waals surface area contributed by atoms with Crippen molar-refractivity contribution in [3.63, 3.8) is 0 Å². The zero-order valence-corrected chi connectivity index (χ0v) is 12.5. The SMILES string of the molecule is CC(F)(F)C(=O)OC1CCCC12OCC(COC(=O)C(F)(F)F)O2. The summed E-state index contributed by atoms with van der Waals surface area (Å²) in [5.41, 5.74) is 0. The lowest BCUT2D eigenvalue weighted by atomic mass is 10.2. The van der Waals surface area contributed by atoms with Gasteiger partial charge >= 0.3 is 24.0 Å². The van der Waals surface area contributed by atoms with E-state index in [-0.39, 0.29) is 19.4 Å². The van der Waals surface area contributed by atoms with Crippen molar-refractivity contribution in [2.75, 3.05) is 13.2 Å². The monoisotopic (exact) mass is 362 g/mol. The van der Waals surface area contributed by atoms with Gasteiger partial charge in [0.1, 0.15) is 12.7 Å². The third-order valence-electron chi connectivity index (χ3n) is 3.60. The first-order valence-corrected chi connectivity index (χ1v) is 7.09. The summed E-state index contributed by atoms with van der Waals surface area (Å²) < 4.78 is 81.6. The maximum Gasteiger partial charge on any atom is 0.490 e. The quantitative estimate of drug-likeness (QED) is 0.562. The van der Waals surface area contributed by atoms with Gasteiger partial charge in [-0.3, -0.25) is 0 Å². The van der Waals surface area contributed by atoms with Gasteiger partial charge in [-0.05, 0) is 12.8 Å². The van der Waals surface area contributed by atoms with Gasteiger partial charge in [-0.15, -0.1) is 0 Å². The number of alkyl halides is 5. The van der Waals surface area contributed by atoms with E-state index in [1.165, 1.54) is 0 Å².